The van der Waals surface area contributed by atoms with Crippen molar-refractivity contribution in [1.82, 2.24) is 0 Å². The molecular formula is C16H17BrClNO. The number of benzene rings is 2. The molecule has 0 heterocycles. The number of anilines is 1. The van der Waals surface area contributed by atoms with Gasteiger partial charge >= 0.3 is 0 Å². The molecule has 0 fully saturated rings. The van der Waals surface area contributed by atoms with Crippen molar-refractivity contribution in [3.05, 3.63) is 63.6 Å². The van der Waals surface area contributed by atoms with Crippen LogP contribution in [0.2, 0.25) is 5.02 Å². The molecule has 2 aromatic carbocycles. The minimum absolute atomic E-state index is 0.00362. The Morgan fingerprint density at radius 2 is 1.80 bits per heavy atom. The second-order valence-corrected chi connectivity index (χ2v) is 6.03. The Morgan fingerprint density at radius 3 is 2.35 bits per heavy atom. The molecule has 0 aliphatic heterocycles. The summed E-state index contributed by atoms with van der Waals surface area (Å²) in [6.07, 6.45) is 0.746. The molecule has 0 saturated carbocycles. The Hall–Kier alpha value is -1.03. The van der Waals surface area contributed by atoms with Gasteiger partial charge in [-0.2, -0.15) is 0 Å². The molecule has 1 atom stereocenters. The fourth-order valence-electron chi connectivity index (χ4n) is 2.20. The van der Waals surface area contributed by atoms with Gasteiger partial charge in [0.05, 0.1) is 22.9 Å². The van der Waals surface area contributed by atoms with E-state index in [-0.39, 0.29) is 6.61 Å². The zero-order valence-electron chi connectivity index (χ0n) is 11.2. The maximum Gasteiger partial charge on any atom is 0.0854 e. The number of rotatable bonds is 5. The molecule has 0 radical (unpaired) electrons. The highest BCUT2D eigenvalue weighted by Gasteiger charge is 2.30. The van der Waals surface area contributed by atoms with E-state index in [4.69, 9.17) is 11.6 Å². The van der Waals surface area contributed by atoms with Crippen molar-refractivity contribution in [2.75, 3.05) is 11.9 Å². The molecule has 0 aromatic heterocycles. The summed E-state index contributed by atoms with van der Waals surface area (Å²) in [7, 11) is 0. The first kappa shape index (κ1) is 15.4. The SMILES string of the molecule is CCC(CO)(Nc1ccccc1Cl)c1ccc(Br)cc1. The van der Waals surface area contributed by atoms with Gasteiger partial charge in [0.25, 0.3) is 0 Å². The molecule has 0 aliphatic rings. The van der Waals surface area contributed by atoms with Crippen LogP contribution in [0.15, 0.2) is 53.0 Å². The van der Waals surface area contributed by atoms with Gasteiger partial charge in [-0.25, -0.2) is 0 Å². The van der Waals surface area contributed by atoms with Gasteiger partial charge in [-0.05, 0) is 36.2 Å². The molecule has 106 valence electrons. The van der Waals surface area contributed by atoms with Crippen molar-refractivity contribution in [2.45, 2.75) is 18.9 Å². The minimum atomic E-state index is -0.536. The predicted molar refractivity (Wildman–Crippen MR) is 88.3 cm³/mol. The smallest absolute Gasteiger partial charge is 0.0854 e. The summed E-state index contributed by atoms with van der Waals surface area (Å²) in [5.74, 6) is 0. The van der Waals surface area contributed by atoms with E-state index in [0.717, 1.165) is 22.1 Å². The average molecular weight is 355 g/mol. The number of aliphatic hydroxyl groups is 1. The lowest BCUT2D eigenvalue weighted by molar-refractivity contribution is 0.207. The van der Waals surface area contributed by atoms with Crippen LogP contribution in [0.3, 0.4) is 0 Å². The van der Waals surface area contributed by atoms with Crippen molar-refractivity contribution in [3.63, 3.8) is 0 Å². The highest BCUT2D eigenvalue weighted by molar-refractivity contribution is 9.10. The third-order valence-corrected chi connectivity index (χ3v) is 4.38. The Bertz CT molecular complexity index is 567. The largest absolute Gasteiger partial charge is 0.394 e. The van der Waals surface area contributed by atoms with Gasteiger partial charge < -0.3 is 10.4 Å². The number of hydrogen-bond donors (Lipinski definition) is 2. The summed E-state index contributed by atoms with van der Waals surface area (Å²) in [5.41, 5.74) is 1.32. The first-order valence-electron chi connectivity index (χ1n) is 6.51. The van der Waals surface area contributed by atoms with Gasteiger partial charge in [0, 0.05) is 4.47 Å². The molecule has 1 unspecified atom stereocenters. The molecule has 0 amide bonds. The summed E-state index contributed by atoms with van der Waals surface area (Å²) >= 11 is 9.64. The van der Waals surface area contributed by atoms with E-state index in [2.05, 4.69) is 21.2 Å². The predicted octanol–water partition coefficient (Wildman–Crippen LogP) is 4.81. The second kappa shape index (κ2) is 6.61. The third-order valence-electron chi connectivity index (χ3n) is 3.52. The number of aliphatic hydroxyl groups excluding tert-OH is 1. The van der Waals surface area contributed by atoms with Gasteiger partial charge in [0.2, 0.25) is 0 Å². The topological polar surface area (TPSA) is 32.3 Å². The fraction of sp³-hybridized carbons (Fsp3) is 0.250. The van der Waals surface area contributed by atoms with Crippen LogP contribution in [0.5, 0.6) is 0 Å². The van der Waals surface area contributed by atoms with Crippen molar-refractivity contribution in [2.24, 2.45) is 0 Å². The lowest BCUT2D eigenvalue weighted by atomic mass is 9.87. The Kier molecular flexibility index (Phi) is 5.08. The van der Waals surface area contributed by atoms with Crippen LogP contribution in [0, 0.1) is 0 Å². The van der Waals surface area contributed by atoms with E-state index in [9.17, 15) is 5.11 Å². The number of halogens is 2. The highest BCUT2D eigenvalue weighted by atomic mass is 79.9. The van der Waals surface area contributed by atoms with Crippen molar-refractivity contribution < 1.29 is 5.11 Å². The maximum atomic E-state index is 9.93. The third kappa shape index (κ3) is 3.17. The molecule has 0 bridgehead atoms. The molecule has 2 nitrogen and oxygen atoms in total. The van der Waals surface area contributed by atoms with E-state index in [0.29, 0.717) is 5.02 Å². The average Bonchev–Trinajstić information content (AvgIpc) is 2.48. The summed E-state index contributed by atoms with van der Waals surface area (Å²) in [4.78, 5) is 0. The van der Waals surface area contributed by atoms with Gasteiger partial charge in [-0.15, -0.1) is 0 Å². The van der Waals surface area contributed by atoms with Gasteiger partial charge in [0.15, 0.2) is 0 Å². The van der Waals surface area contributed by atoms with E-state index in [1.165, 1.54) is 0 Å². The Morgan fingerprint density at radius 1 is 1.15 bits per heavy atom. The molecular weight excluding hydrogens is 338 g/mol. The second-order valence-electron chi connectivity index (χ2n) is 4.71. The first-order chi connectivity index (χ1) is 9.61. The quantitative estimate of drug-likeness (QED) is 0.807. The summed E-state index contributed by atoms with van der Waals surface area (Å²) < 4.78 is 1.02. The van der Waals surface area contributed by atoms with Crippen LogP contribution in [-0.4, -0.2) is 11.7 Å². The normalized spacial score (nSPS) is 13.8. The van der Waals surface area contributed by atoms with Crippen molar-refractivity contribution in [3.8, 4) is 0 Å². The fourth-order valence-corrected chi connectivity index (χ4v) is 2.64. The minimum Gasteiger partial charge on any atom is -0.394 e. The number of nitrogens with one attached hydrogen (secondary N) is 1. The van der Waals surface area contributed by atoms with Crippen LogP contribution < -0.4 is 5.32 Å². The molecule has 2 rings (SSSR count). The molecule has 2 aromatic rings. The monoisotopic (exact) mass is 353 g/mol. The molecule has 20 heavy (non-hydrogen) atoms. The lowest BCUT2D eigenvalue weighted by Gasteiger charge is -2.34. The zero-order valence-corrected chi connectivity index (χ0v) is 13.6. The molecule has 0 spiro atoms. The molecule has 0 aliphatic carbocycles. The first-order valence-corrected chi connectivity index (χ1v) is 7.68. The van der Waals surface area contributed by atoms with Gasteiger partial charge in [-0.1, -0.05) is 58.7 Å². The van der Waals surface area contributed by atoms with Gasteiger partial charge in [-0.3, -0.25) is 0 Å². The zero-order chi connectivity index (χ0) is 14.6. The van der Waals surface area contributed by atoms with E-state index in [1.807, 2.05) is 55.5 Å². The molecule has 0 saturated heterocycles. The summed E-state index contributed by atoms with van der Waals surface area (Å²) in [5, 5.41) is 14.0. The number of hydrogen-bond acceptors (Lipinski definition) is 2. The van der Waals surface area contributed by atoms with Crippen LogP contribution in [0.25, 0.3) is 0 Å². The molecule has 4 heteroatoms. The Balaban J connectivity index is 2.39. The standard InChI is InChI=1S/C16H17BrClNO/c1-2-16(11-20,12-7-9-13(17)10-8-12)19-15-6-4-3-5-14(15)18/h3-10,19-20H,2,11H2,1H3. The van der Waals surface area contributed by atoms with Crippen LogP contribution in [0.1, 0.15) is 18.9 Å². The van der Waals surface area contributed by atoms with Crippen LogP contribution in [-0.2, 0) is 5.54 Å². The van der Waals surface area contributed by atoms with E-state index >= 15 is 0 Å². The van der Waals surface area contributed by atoms with Gasteiger partial charge in [0.1, 0.15) is 0 Å². The lowest BCUT2D eigenvalue weighted by Crippen LogP contribution is -2.38. The van der Waals surface area contributed by atoms with E-state index < -0.39 is 5.54 Å². The van der Waals surface area contributed by atoms with Crippen LogP contribution in [0.4, 0.5) is 5.69 Å². The summed E-state index contributed by atoms with van der Waals surface area (Å²) in [6, 6.07) is 15.5. The van der Waals surface area contributed by atoms with Crippen LogP contribution >= 0.6 is 27.5 Å². The van der Waals surface area contributed by atoms with Crippen molar-refractivity contribution >= 4 is 33.2 Å². The molecule has 2 N–H and O–H groups in total. The Labute approximate surface area is 132 Å². The number of para-hydroxylation sites is 1. The maximum absolute atomic E-state index is 9.93. The van der Waals surface area contributed by atoms with E-state index in [1.54, 1.807) is 0 Å². The highest BCUT2D eigenvalue weighted by Crippen LogP contribution is 2.33. The van der Waals surface area contributed by atoms with Crippen molar-refractivity contribution in [1.29, 1.82) is 0 Å². The summed E-state index contributed by atoms with van der Waals surface area (Å²) in [6.45, 7) is 2.04.